The summed E-state index contributed by atoms with van der Waals surface area (Å²) in [7, 11) is 0. The highest BCUT2D eigenvalue weighted by atomic mass is 35.5. The van der Waals surface area contributed by atoms with Gasteiger partial charge in [0.2, 0.25) is 11.8 Å². The van der Waals surface area contributed by atoms with Crippen molar-refractivity contribution in [2.75, 3.05) is 4.90 Å². The van der Waals surface area contributed by atoms with Crippen LogP contribution in [0, 0.1) is 29.4 Å². The summed E-state index contributed by atoms with van der Waals surface area (Å²) in [5, 5.41) is 12.1. The fourth-order valence-electron chi connectivity index (χ4n) is 6.39. The quantitative estimate of drug-likeness (QED) is 0.340. The van der Waals surface area contributed by atoms with Crippen molar-refractivity contribution in [1.82, 2.24) is 5.32 Å². The fourth-order valence-corrected chi connectivity index (χ4v) is 7.32. The molecule has 0 bridgehead atoms. The first-order chi connectivity index (χ1) is 17.5. The average Bonchev–Trinajstić information content (AvgIpc) is 3.23. The van der Waals surface area contributed by atoms with Gasteiger partial charge in [-0.15, -0.1) is 23.2 Å². The molecule has 2 aliphatic carbocycles. The number of phenols is 1. The molecule has 2 aromatic rings. The zero-order valence-corrected chi connectivity index (χ0v) is 20.4. The molecule has 2 aliphatic heterocycles. The van der Waals surface area contributed by atoms with Gasteiger partial charge in [-0.3, -0.25) is 24.5 Å². The number of halogens is 4. The fraction of sp³-hybridized carbons (Fsp3) is 0.308. The van der Waals surface area contributed by atoms with E-state index in [-0.39, 0.29) is 24.1 Å². The number of anilines is 1. The van der Waals surface area contributed by atoms with Gasteiger partial charge in [0.25, 0.3) is 11.8 Å². The Morgan fingerprint density at radius 1 is 0.946 bits per heavy atom. The lowest BCUT2D eigenvalue weighted by Crippen LogP contribution is -2.60. The highest BCUT2D eigenvalue weighted by molar-refractivity contribution is 6.58. The zero-order chi connectivity index (χ0) is 26.4. The minimum absolute atomic E-state index is 0.0464. The molecule has 0 unspecified atom stereocenters. The number of nitrogens with one attached hydrogen (secondary N) is 1. The number of amides is 4. The number of hydrogen-bond acceptors (Lipinski definition) is 5. The number of imide groups is 2. The van der Waals surface area contributed by atoms with Gasteiger partial charge < -0.3 is 5.11 Å². The summed E-state index contributed by atoms with van der Waals surface area (Å²) in [6.45, 7) is 0. The largest absolute Gasteiger partial charge is 0.505 e. The first-order valence-electron chi connectivity index (χ1n) is 11.5. The second-order valence-electron chi connectivity index (χ2n) is 9.82. The molecule has 6 atom stereocenters. The Morgan fingerprint density at radius 3 is 2.32 bits per heavy atom. The van der Waals surface area contributed by atoms with Crippen LogP contribution >= 0.6 is 23.2 Å². The molecule has 0 radical (unpaired) electrons. The van der Waals surface area contributed by atoms with Crippen molar-refractivity contribution in [3.63, 3.8) is 0 Å². The van der Waals surface area contributed by atoms with E-state index in [4.69, 9.17) is 23.2 Å². The average molecular weight is 547 g/mol. The molecule has 190 valence electrons. The van der Waals surface area contributed by atoms with Gasteiger partial charge in [0.15, 0.2) is 21.3 Å². The van der Waals surface area contributed by atoms with E-state index in [1.807, 2.05) is 0 Å². The lowest BCUT2D eigenvalue weighted by Gasteiger charge is -2.50. The van der Waals surface area contributed by atoms with Gasteiger partial charge in [0.1, 0.15) is 5.82 Å². The van der Waals surface area contributed by atoms with E-state index < -0.39 is 74.4 Å². The first-order valence-corrected chi connectivity index (χ1v) is 12.3. The normalized spacial score (nSPS) is 34.6. The standard InChI is InChI=1S/C26H18Cl2F2N2O5/c27-25-10-16-14(6-7-15-19(16)22(35)31-21(15)34)20(11-1-8-18(33)17(30)9-11)26(25,28)24(37)32(23(25)36)13-4-2-12(29)3-5-13/h1-6,8-9,15-16,19-20,33H,7,10H2,(H,31,34,35)/t15-,16+,19-,20-,25+,26-/m0/s1. The van der Waals surface area contributed by atoms with Gasteiger partial charge in [-0.1, -0.05) is 17.7 Å². The van der Waals surface area contributed by atoms with Crippen LogP contribution in [-0.2, 0) is 19.2 Å². The van der Waals surface area contributed by atoms with E-state index in [0.717, 1.165) is 29.2 Å². The Hall–Kier alpha value is -3.30. The lowest BCUT2D eigenvalue weighted by molar-refractivity contribution is -0.127. The van der Waals surface area contributed by atoms with Crippen LogP contribution in [0.3, 0.4) is 0 Å². The lowest BCUT2D eigenvalue weighted by atomic mass is 9.56. The third kappa shape index (κ3) is 3.04. The summed E-state index contributed by atoms with van der Waals surface area (Å²) >= 11 is 14.2. The second kappa shape index (κ2) is 7.85. The van der Waals surface area contributed by atoms with Gasteiger partial charge >= 0.3 is 0 Å². The Labute approximate surface area is 219 Å². The van der Waals surface area contributed by atoms with Crippen LogP contribution in [0.1, 0.15) is 24.3 Å². The van der Waals surface area contributed by atoms with Gasteiger partial charge in [-0.05, 0) is 60.7 Å². The molecule has 2 saturated heterocycles. The van der Waals surface area contributed by atoms with E-state index in [1.54, 1.807) is 6.08 Å². The van der Waals surface area contributed by atoms with Crippen molar-refractivity contribution < 1.29 is 33.1 Å². The van der Waals surface area contributed by atoms with E-state index in [1.165, 1.54) is 18.2 Å². The number of allylic oxidation sites excluding steroid dienone is 2. The molecule has 2 heterocycles. The molecule has 3 fully saturated rings. The molecule has 1 saturated carbocycles. The van der Waals surface area contributed by atoms with Crippen LogP contribution in [0.25, 0.3) is 0 Å². The number of carbonyl (C=O) groups is 4. The minimum atomic E-state index is -2.16. The molecule has 4 aliphatic rings. The number of benzene rings is 2. The number of hydrogen-bond donors (Lipinski definition) is 2. The molecular formula is C26H18Cl2F2N2O5. The van der Waals surface area contributed by atoms with Crippen LogP contribution in [0.15, 0.2) is 54.1 Å². The van der Waals surface area contributed by atoms with Crippen molar-refractivity contribution in [2.45, 2.75) is 28.5 Å². The highest BCUT2D eigenvalue weighted by Crippen LogP contribution is 2.65. The molecule has 0 spiro atoms. The molecule has 6 rings (SSSR count). The summed E-state index contributed by atoms with van der Waals surface area (Å²) in [5.41, 5.74) is 0.700. The first kappa shape index (κ1) is 24.1. The van der Waals surface area contributed by atoms with Gasteiger partial charge in [-0.25, -0.2) is 13.7 Å². The van der Waals surface area contributed by atoms with Crippen LogP contribution < -0.4 is 10.2 Å². The molecule has 2 N–H and O–H groups in total. The SMILES string of the molecule is O=C1NC(=O)[C@H]2CC=C3[C@@H](C[C@@]4(Cl)C(=O)N(c5ccc(F)cc5)C(=O)[C@@]4(Cl)[C@H]3c3ccc(O)c(F)c3)[C@@H]12. The number of nitrogens with zero attached hydrogens (tertiary/aromatic N) is 1. The second-order valence-corrected chi connectivity index (χ2v) is 11.1. The van der Waals surface area contributed by atoms with Crippen molar-refractivity contribution in [2.24, 2.45) is 17.8 Å². The topological polar surface area (TPSA) is 104 Å². The predicted octanol–water partition coefficient (Wildman–Crippen LogP) is 3.52. The smallest absolute Gasteiger partial charge is 0.258 e. The third-order valence-electron chi connectivity index (χ3n) is 8.04. The number of aromatic hydroxyl groups is 1. The zero-order valence-electron chi connectivity index (χ0n) is 18.9. The maximum atomic E-state index is 14.6. The van der Waals surface area contributed by atoms with Gasteiger partial charge in [-0.2, -0.15) is 0 Å². The summed E-state index contributed by atoms with van der Waals surface area (Å²) in [6, 6.07) is 8.11. The summed E-state index contributed by atoms with van der Waals surface area (Å²) in [5.74, 6) is -8.35. The molecule has 11 heteroatoms. The van der Waals surface area contributed by atoms with Crippen LogP contribution in [-0.4, -0.2) is 38.5 Å². The van der Waals surface area contributed by atoms with Gasteiger partial charge in [0.05, 0.1) is 17.5 Å². The Kier molecular flexibility index (Phi) is 5.10. The van der Waals surface area contributed by atoms with Gasteiger partial charge in [0, 0.05) is 5.92 Å². The number of carbonyl (C=O) groups excluding carboxylic acids is 4. The van der Waals surface area contributed by atoms with E-state index >= 15 is 0 Å². The molecule has 7 nitrogen and oxygen atoms in total. The Morgan fingerprint density at radius 2 is 1.65 bits per heavy atom. The minimum Gasteiger partial charge on any atom is -0.505 e. The maximum absolute atomic E-state index is 14.6. The maximum Gasteiger partial charge on any atom is 0.258 e. The van der Waals surface area contributed by atoms with E-state index in [9.17, 15) is 33.1 Å². The number of fused-ring (bicyclic) bond motifs is 4. The third-order valence-corrected chi connectivity index (χ3v) is 9.46. The number of rotatable bonds is 2. The summed E-state index contributed by atoms with van der Waals surface area (Å²) in [4.78, 5) is 49.7. The molecule has 0 aromatic heterocycles. The summed E-state index contributed by atoms with van der Waals surface area (Å²) < 4.78 is 28.1. The molecule has 4 amide bonds. The van der Waals surface area contributed by atoms with Crippen molar-refractivity contribution in [1.29, 1.82) is 0 Å². The molecule has 37 heavy (non-hydrogen) atoms. The van der Waals surface area contributed by atoms with Crippen molar-refractivity contribution >= 4 is 52.5 Å². The van der Waals surface area contributed by atoms with E-state index in [0.29, 0.717) is 5.57 Å². The Bertz CT molecular complexity index is 1450. The predicted molar refractivity (Wildman–Crippen MR) is 128 cm³/mol. The van der Waals surface area contributed by atoms with Crippen LogP contribution in [0.2, 0.25) is 0 Å². The van der Waals surface area contributed by atoms with Crippen molar-refractivity contribution in [3.8, 4) is 5.75 Å². The number of phenolic OH excluding ortho intramolecular Hbond substituents is 1. The highest BCUT2D eigenvalue weighted by Gasteiger charge is 2.76. The summed E-state index contributed by atoms with van der Waals surface area (Å²) in [6.07, 6.45) is 1.65. The molecule has 2 aromatic carbocycles. The molecular weight excluding hydrogens is 529 g/mol. The monoisotopic (exact) mass is 546 g/mol. The van der Waals surface area contributed by atoms with Crippen LogP contribution in [0.5, 0.6) is 5.75 Å². The van der Waals surface area contributed by atoms with Crippen LogP contribution in [0.4, 0.5) is 14.5 Å². The van der Waals surface area contributed by atoms with Crippen molar-refractivity contribution in [3.05, 3.63) is 71.3 Å². The Balaban J connectivity index is 1.58. The van der Waals surface area contributed by atoms with E-state index in [2.05, 4.69) is 5.32 Å². The number of alkyl halides is 2.